The fourth-order valence-corrected chi connectivity index (χ4v) is 9.21. The van der Waals surface area contributed by atoms with Gasteiger partial charge in [-0.1, -0.05) is 36.4 Å². The predicted molar refractivity (Wildman–Crippen MR) is 270 cm³/mol. The van der Waals surface area contributed by atoms with Crippen LogP contribution in [0.1, 0.15) is 55.8 Å². The average molecular weight is 955 g/mol. The first kappa shape index (κ1) is 49.3. The topological polar surface area (TPSA) is 176 Å². The van der Waals surface area contributed by atoms with Crippen LogP contribution in [-0.4, -0.2) is 117 Å². The third-order valence-electron chi connectivity index (χ3n) is 12.8. The molecule has 70 heavy (non-hydrogen) atoms. The summed E-state index contributed by atoms with van der Waals surface area (Å²) in [5, 5.41) is 3.51. The first-order valence-corrected chi connectivity index (χ1v) is 23.6. The van der Waals surface area contributed by atoms with E-state index >= 15 is 0 Å². The molecule has 3 heterocycles. The summed E-state index contributed by atoms with van der Waals surface area (Å²) >= 11 is 0. The van der Waals surface area contributed by atoms with E-state index in [-0.39, 0.29) is 43.5 Å². The molecular formula is C54H62N6O10. The fraction of sp³-hybridized carbons (Fsp3) is 0.370. The van der Waals surface area contributed by atoms with Crippen LogP contribution in [0.25, 0.3) is 0 Å². The molecule has 1 unspecified atom stereocenters. The van der Waals surface area contributed by atoms with Crippen LogP contribution in [-0.2, 0) is 45.1 Å². The normalized spacial score (nSPS) is 15.7. The molecule has 3 aliphatic rings. The number of hydrogen-bond acceptors (Lipinski definition) is 14. The van der Waals surface area contributed by atoms with Gasteiger partial charge in [0.2, 0.25) is 5.91 Å². The van der Waals surface area contributed by atoms with Gasteiger partial charge in [-0.05, 0) is 84.0 Å². The van der Waals surface area contributed by atoms with Gasteiger partial charge >= 0.3 is 0 Å². The first-order chi connectivity index (χ1) is 34.2. The molecule has 0 saturated heterocycles. The number of carbonyl (C=O) groups is 3. The zero-order chi connectivity index (χ0) is 49.0. The minimum Gasteiger partial charge on any atom is -0.493 e. The number of likely N-dealkylation sites (N-methyl/N-ethyl adjacent to an activating group) is 1. The van der Waals surface area contributed by atoms with Crippen LogP contribution in [0.15, 0.2) is 96.0 Å². The van der Waals surface area contributed by atoms with Crippen LogP contribution in [0, 0.1) is 0 Å². The van der Waals surface area contributed by atoms with E-state index in [1.165, 1.54) is 12.7 Å². The van der Waals surface area contributed by atoms with Crippen molar-refractivity contribution in [2.75, 3.05) is 101 Å². The van der Waals surface area contributed by atoms with Crippen molar-refractivity contribution in [1.29, 1.82) is 0 Å². The van der Waals surface area contributed by atoms with E-state index in [2.05, 4.69) is 33.3 Å². The summed E-state index contributed by atoms with van der Waals surface area (Å²) in [7, 11) is 6.76. The summed E-state index contributed by atoms with van der Waals surface area (Å²) in [6.07, 6.45) is 4.94. The van der Waals surface area contributed by atoms with E-state index in [4.69, 9.17) is 43.9 Å². The van der Waals surface area contributed by atoms with Gasteiger partial charge in [-0.15, -0.1) is 0 Å². The number of carbonyl (C=O) groups excluding carboxylic acids is 3. The summed E-state index contributed by atoms with van der Waals surface area (Å²) in [4.78, 5) is 49.4. The number of nitrogens with two attached hydrogens (primary N) is 1. The second-order valence-electron chi connectivity index (χ2n) is 17.4. The highest BCUT2D eigenvalue weighted by molar-refractivity contribution is 6.12. The van der Waals surface area contributed by atoms with E-state index in [9.17, 15) is 14.4 Å². The number of aldehydes is 1. The lowest BCUT2D eigenvalue weighted by atomic mass is 10.1. The zero-order valence-electron chi connectivity index (χ0n) is 40.3. The number of fused-ring (bicyclic) bond motifs is 5. The number of rotatable bonds is 25. The van der Waals surface area contributed by atoms with Crippen LogP contribution >= 0.6 is 0 Å². The Balaban J connectivity index is 1.06. The largest absolute Gasteiger partial charge is 0.493 e. The molecule has 0 radical (unpaired) electrons. The molecule has 3 aliphatic heterocycles. The highest BCUT2D eigenvalue weighted by Gasteiger charge is 2.38. The molecule has 2 atom stereocenters. The van der Waals surface area contributed by atoms with Crippen LogP contribution in [0.3, 0.4) is 0 Å². The number of nitrogens with zero attached hydrogens (tertiary/aromatic N) is 4. The van der Waals surface area contributed by atoms with Gasteiger partial charge in [0.1, 0.15) is 13.2 Å². The lowest BCUT2D eigenvalue weighted by Crippen LogP contribution is -2.39. The number of anilines is 4. The van der Waals surface area contributed by atoms with Crippen molar-refractivity contribution in [2.45, 2.75) is 51.0 Å². The number of nitrogens with one attached hydrogen (secondary N) is 1. The zero-order valence-corrected chi connectivity index (χ0v) is 40.3. The van der Waals surface area contributed by atoms with Crippen molar-refractivity contribution < 1.29 is 47.5 Å². The summed E-state index contributed by atoms with van der Waals surface area (Å²) in [5.74, 6) is 1.20. The number of ether oxygens (including phenoxy) is 7. The van der Waals surface area contributed by atoms with Crippen LogP contribution in [0.2, 0.25) is 0 Å². The average Bonchev–Trinajstić information content (AvgIpc) is 3.87. The quantitative estimate of drug-likeness (QED) is 0.0342. The summed E-state index contributed by atoms with van der Waals surface area (Å²) < 4.78 is 41.3. The van der Waals surface area contributed by atoms with Crippen molar-refractivity contribution >= 4 is 52.8 Å². The standard InChI is InChI=1S/C54H62N6O10/c1-58-42(25-38-10-5-7-12-47(38)58)31-56-45-29-51(49(65-3)27-40(45)33-61)69-34-36-22-37(24-41(23-36)59(15-9-14-53(55)62)16-17-67-20-21-68-19-18-64-2)35-70-52-30-46-44(28-50(52)66-4)54(63)60-43(32-57-46)26-39-11-6-8-13-48(39)60/h5-8,10-13,22-24,27-31,33,42-43,57H,9,14-21,25-26,32,34-35H2,1-4H3,(H2,55,62)/b56-31-/t42?,43-/m0/s1. The number of aliphatic imine (C=N–C) groups is 1. The Morgan fingerprint density at radius 3 is 2.13 bits per heavy atom. The Bertz CT molecular complexity index is 2680. The molecule has 8 rings (SSSR count). The lowest BCUT2D eigenvalue weighted by Gasteiger charge is -2.26. The van der Waals surface area contributed by atoms with E-state index < -0.39 is 0 Å². The summed E-state index contributed by atoms with van der Waals surface area (Å²) in [6, 6.07) is 29.3. The second-order valence-corrected chi connectivity index (χ2v) is 17.4. The van der Waals surface area contributed by atoms with Crippen molar-refractivity contribution in [2.24, 2.45) is 10.7 Å². The third kappa shape index (κ3) is 11.6. The molecular weight excluding hydrogens is 893 g/mol. The van der Waals surface area contributed by atoms with Gasteiger partial charge in [-0.25, -0.2) is 0 Å². The van der Waals surface area contributed by atoms with Crippen LogP contribution < -0.4 is 44.7 Å². The molecule has 0 spiro atoms. The van der Waals surface area contributed by atoms with Gasteiger partial charge in [-0.3, -0.25) is 19.4 Å². The molecule has 2 amide bonds. The fourth-order valence-electron chi connectivity index (χ4n) is 9.21. The SMILES string of the molecule is COCCOCCOCCN(CCCC(N)=O)c1cc(COc2cc(/N=C\C3Cc4ccccc4N3C)c(C=O)cc2OC)cc(COc2cc3c(cc2OC)C(=O)N2c4ccccc4C[C@H]2CN3)c1. The van der Waals surface area contributed by atoms with Gasteiger partial charge < -0.3 is 58.9 Å². The number of amides is 2. The minimum atomic E-state index is -0.379. The first-order valence-electron chi connectivity index (χ1n) is 23.6. The Morgan fingerprint density at radius 1 is 0.786 bits per heavy atom. The van der Waals surface area contributed by atoms with E-state index in [0.29, 0.717) is 105 Å². The monoisotopic (exact) mass is 954 g/mol. The van der Waals surface area contributed by atoms with Crippen LogP contribution in [0.5, 0.6) is 23.0 Å². The Labute approximate surface area is 409 Å². The molecule has 5 aromatic carbocycles. The third-order valence-corrected chi connectivity index (χ3v) is 12.8. The molecule has 0 fully saturated rings. The van der Waals surface area contributed by atoms with Crippen molar-refractivity contribution in [3.63, 3.8) is 0 Å². The van der Waals surface area contributed by atoms with Crippen molar-refractivity contribution in [3.8, 4) is 23.0 Å². The molecule has 368 valence electrons. The van der Waals surface area contributed by atoms with E-state index in [1.807, 2.05) is 72.8 Å². The molecule has 0 aliphatic carbocycles. The lowest BCUT2D eigenvalue weighted by molar-refractivity contribution is -0.118. The maximum Gasteiger partial charge on any atom is 0.260 e. The predicted octanol–water partition coefficient (Wildman–Crippen LogP) is 7.19. The minimum absolute atomic E-state index is 0.0118. The van der Waals surface area contributed by atoms with Gasteiger partial charge in [0, 0.05) is 81.2 Å². The van der Waals surface area contributed by atoms with Gasteiger partial charge in [0.25, 0.3) is 5.91 Å². The number of benzene rings is 5. The molecule has 5 aromatic rings. The molecule has 0 saturated carbocycles. The summed E-state index contributed by atoms with van der Waals surface area (Å²) in [6.45, 7) is 4.05. The maximum atomic E-state index is 14.1. The van der Waals surface area contributed by atoms with Gasteiger partial charge in [0.15, 0.2) is 29.3 Å². The van der Waals surface area contributed by atoms with Gasteiger partial charge in [-0.2, -0.15) is 0 Å². The highest BCUT2D eigenvalue weighted by Crippen LogP contribution is 2.41. The van der Waals surface area contributed by atoms with Crippen molar-refractivity contribution in [3.05, 3.63) is 124 Å². The number of primary amides is 1. The maximum absolute atomic E-state index is 14.1. The number of para-hydroxylation sites is 2. The molecule has 3 N–H and O–H groups in total. The Morgan fingerprint density at radius 2 is 1.44 bits per heavy atom. The highest BCUT2D eigenvalue weighted by atomic mass is 16.5. The summed E-state index contributed by atoms with van der Waals surface area (Å²) in [5.41, 5.74) is 14.5. The van der Waals surface area contributed by atoms with Crippen LogP contribution in [0.4, 0.5) is 28.4 Å². The second kappa shape index (κ2) is 23.4. The number of hydrogen-bond donors (Lipinski definition) is 2. The van der Waals surface area contributed by atoms with Gasteiger partial charge in [0.05, 0.1) is 76.3 Å². The molecule has 0 bridgehead atoms. The molecule has 16 nitrogen and oxygen atoms in total. The Hall–Kier alpha value is -7.14. The van der Waals surface area contributed by atoms with Crippen molar-refractivity contribution in [1.82, 2.24) is 0 Å². The van der Waals surface area contributed by atoms with E-state index in [1.54, 1.807) is 32.4 Å². The Kier molecular flexibility index (Phi) is 16.5. The molecule has 0 aromatic heterocycles. The molecule has 16 heteroatoms. The van der Waals surface area contributed by atoms with E-state index in [0.717, 1.165) is 52.9 Å². The number of methoxy groups -OCH3 is 3. The smallest absolute Gasteiger partial charge is 0.260 e.